The maximum Gasteiger partial charge on any atom is 0.199 e. The summed E-state index contributed by atoms with van der Waals surface area (Å²) in [5.74, 6) is 1.91. The van der Waals surface area contributed by atoms with Gasteiger partial charge in [0, 0.05) is 10.9 Å². The summed E-state index contributed by atoms with van der Waals surface area (Å²) in [7, 11) is 0. The highest BCUT2D eigenvalue weighted by Crippen LogP contribution is 2.54. The van der Waals surface area contributed by atoms with Crippen LogP contribution in [0.25, 0.3) is 5.69 Å². The van der Waals surface area contributed by atoms with Crippen molar-refractivity contribution in [1.82, 2.24) is 14.8 Å². The third kappa shape index (κ3) is 2.70. The van der Waals surface area contributed by atoms with Gasteiger partial charge in [-0.3, -0.25) is 9.67 Å². The fourth-order valence-electron chi connectivity index (χ4n) is 3.38. The van der Waals surface area contributed by atoms with E-state index in [0.29, 0.717) is 16.6 Å². The second-order valence-electron chi connectivity index (χ2n) is 6.20. The molecule has 1 heterocycles. The van der Waals surface area contributed by atoms with Gasteiger partial charge in [-0.2, -0.15) is 5.10 Å². The zero-order valence-electron chi connectivity index (χ0n) is 13.4. The Morgan fingerprint density at radius 1 is 1.17 bits per heavy atom. The molecule has 5 heteroatoms. The zero-order chi connectivity index (χ0) is 16.7. The molecule has 2 atom stereocenters. The minimum absolute atomic E-state index is 0.393. The summed E-state index contributed by atoms with van der Waals surface area (Å²) >= 11 is 11.5. The molecule has 0 radical (unpaired) electrons. The van der Waals surface area contributed by atoms with Crippen LogP contribution in [-0.2, 0) is 6.42 Å². The number of rotatable bonds is 4. The number of nitrogens with zero attached hydrogens (tertiary/aromatic N) is 2. The van der Waals surface area contributed by atoms with Crippen LogP contribution in [0, 0.1) is 4.77 Å². The molecule has 0 amide bonds. The van der Waals surface area contributed by atoms with Crippen molar-refractivity contribution in [2.45, 2.75) is 31.6 Å². The van der Waals surface area contributed by atoms with Gasteiger partial charge in [-0.15, -0.1) is 0 Å². The van der Waals surface area contributed by atoms with Gasteiger partial charge in [-0.1, -0.05) is 48.9 Å². The number of aromatic nitrogens is 3. The van der Waals surface area contributed by atoms with E-state index >= 15 is 0 Å². The van der Waals surface area contributed by atoms with Crippen LogP contribution in [0.5, 0.6) is 0 Å². The van der Waals surface area contributed by atoms with Crippen molar-refractivity contribution in [3.8, 4) is 5.69 Å². The Kier molecular flexibility index (Phi) is 4.02. The standard InChI is InChI=1S/C19H18ClN3S/c1-2-12-5-3-4-6-17(12)23-18(21-22-19(23)24)16-11-15(16)13-7-9-14(20)10-8-13/h3-10,15-16H,2,11H2,1H3,(H,22,24)/t15-,16-/m1/s1. The highest BCUT2D eigenvalue weighted by molar-refractivity contribution is 7.71. The minimum atomic E-state index is 0.393. The van der Waals surface area contributed by atoms with Crippen LogP contribution in [0.1, 0.15) is 42.1 Å². The number of nitrogens with one attached hydrogen (secondary N) is 1. The fraction of sp³-hybridized carbons (Fsp3) is 0.263. The first kappa shape index (κ1) is 15.6. The Labute approximate surface area is 151 Å². The number of para-hydroxylation sites is 1. The number of hydrogen-bond donors (Lipinski definition) is 1. The van der Waals surface area contributed by atoms with Crippen LogP contribution >= 0.6 is 23.8 Å². The van der Waals surface area contributed by atoms with E-state index in [4.69, 9.17) is 23.8 Å². The van der Waals surface area contributed by atoms with E-state index in [0.717, 1.165) is 29.4 Å². The van der Waals surface area contributed by atoms with Crippen LogP contribution in [-0.4, -0.2) is 14.8 Å². The van der Waals surface area contributed by atoms with Gasteiger partial charge < -0.3 is 0 Å². The molecule has 3 aromatic rings. The van der Waals surface area contributed by atoms with Crippen molar-refractivity contribution in [2.24, 2.45) is 0 Å². The second kappa shape index (κ2) is 6.19. The quantitative estimate of drug-likeness (QED) is 0.634. The Bertz CT molecular complexity index is 926. The molecule has 24 heavy (non-hydrogen) atoms. The van der Waals surface area contributed by atoms with Crippen molar-refractivity contribution in [3.63, 3.8) is 0 Å². The topological polar surface area (TPSA) is 33.6 Å². The van der Waals surface area contributed by atoms with Crippen molar-refractivity contribution >= 4 is 23.8 Å². The molecule has 1 N–H and O–H groups in total. The lowest BCUT2D eigenvalue weighted by Gasteiger charge is -2.11. The maximum absolute atomic E-state index is 6.00. The Morgan fingerprint density at radius 3 is 2.67 bits per heavy atom. The van der Waals surface area contributed by atoms with Gasteiger partial charge in [0.1, 0.15) is 5.82 Å². The first-order valence-corrected chi connectivity index (χ1v) is 8.98. The Balaban J connectivity index is 1.72. The molecule has 0 spiro atoms. The Hall–Kier alpha value is -1.91. The van der Waals surface area contributed by atoms with E-state index in [1.807, 2.05) is 12.1 Å². The molecule has 122 valence electrons. The predicted molar refractivity (Wildman–Crippen MR) is 99.7 cm³/mol. The smallest absolute Gasteiger partial charge is 0.199 e. The van der Waals surface area contributed by atoms with Gasteiger partial charge in [0.15, 0.2) is 4.77 Å². The molecular formula is C19H18ClN3S. The predicted octanol–water partition coefficient (Wildman–Crippen LogP) is 5.42. The highest BCUT2D eigenvalue weighted by atomic mass is 35.5. The first-order valence-electron chi connectivity index (χ1n) is 8.20. The molecule has 1 saturated carbocycles. The summed E-state index contributed by atoms with van der Waals surface area (Å²) in [6.07, 6.45) is 2.06. The molecule has 1 aliphatic carbocycles. The summed E-state index contributed by atoms with van der Waals surface area (Å²) in [5, 5.41) is 8.30. The van der Waals surface area contributed by atoms with E-state index < -0.39 is 0 Å². The third-order valence-corrected chi connectivity index (χ3v) is 5.26. The van der Waals surface area contributed by atoms with Gasteiger partial charge in [0.2, 0.25) is 0 Å². The van der Waals surface area contributed by atoms with Crippen LogP contribution in [0.3, 0.4) is 0 Å². The summed E-state index contributed by atoms with van der Waals surface area (Å²) in [5.41, 5.74) is 3.73. The molecule has 1 fully saturated rings. The Morgan fingerprint density at radius 2 is 1.92 bits per heavy atom. The highest BCUT2D eigenvalue weighted by Gasteiger charge is 2.43. The van der Waals surface area contributed by atoms with Gasteiger partial charge >= 0.3 is 0 Å². The number of aromatic amines is 1. The van der Waals surface area contributed by atoms with Crippen molar-refractivity contribution < 1.29 is 0 Å². The average Bonchev–Trinajstić information content (AvgIpc) is 3.31. The molecule has 3 nitrogen and oxygen atoms in total. The lowest BCUT2D eigenvalue weighted by molar-refractivity contribution is 0.838. The van der Waals surface area contributed by atoms with Crippen molar-refractivity contribution in [3.05, 3.63) is 75.3 Å². The molecule has 1 aromatic heterocycles. The molecule has 4 rings (SSSR count). The van der Waals surface area contributed by atoms with E-state index in [2.05, 4.69) is 58.1 Å². The van der Waals surface area contributed by atoms with Crippen LogP contribution < -0.4 is 0 Å². The van der Waals surface area contributed by atoms with E-state index in [1.165, 1.54) is 11.1 Å². The molecule has 0 aliphatic heterocycles. The van der Waals surface area contributed by atoms with E-state index in [9.17, 15) is 0 Å². The molecule has 1 aliphatic rings. The minimum Gasteiger partial charge on any atom is -0.272 e. The number of hydrogen-bond acceptors (Lipinski definition) is 2. The third-order valence-electron chi connectivity index (χ3n) is 4.73. The van der Waals surface area contributed by atoms with Gasteiger partial charge in [-0.05, 0) is 60.3 Å². The van der Waals surface area contributed by atoms with Gasteiger partial charge in [-0.25, -0.2) is 0 Å². The number of aryl methyl sites for hydroxylation is 1. The summed E-state index contributed by atoms with van der Waals surface area (Å²) in [4.78, 5) is 0. The summed E-state index contributed by atoms with van der Waals surface area (Å²) in [6.45, 7) is 2.16. The fourth-order valence-corrected chi connectivity index (χ4v) is 3.74. The summed E-state index contributed by atoms with van der Waals surface area (Å²) in [6, 6.07) is 16.5. The van der Waals surface area contributed by atoms with Crippen molar-refractivity contribution in [2.75, 3.05) is 0 Å². The molecule has 0 bridgehead atoms. The lowest BCUT2D eigenvalue weighted by atomic mass is 10.1. The second-order valence-corrected chi connectivity index (χ2v) is 7.03. The van der Waals surface area contributed by atoms with Gasteiger partial charge in [0.25, 0.3) is 0 Å². The van der Waals surface area contributed by atoms with Crippen LogP contribution in [0.2, 0.25) is 5.02 Å². The number of H-pyrrole nitrogens is 1. The van der Waals surface area contributed by atoms with E-state index in [-0.39, 0.29) is 0 Å². The molecule has 0 saturated heterocycles. The normalized spacial score (nSPS) is 19.4. The lowest BCUT2D eigenvalue weighted by Crippen LogP contribution is -2.04. The van der Waals surface area contributed by atoms with Crippen molar-refractivity contribution in [1.29, 1.82) is 0 Å². The largest absolute Gasteiger partial charge is 0.272 e. The number of halogens is 1. The average molecular weight is 356 g/mol. The summed E-state index contributed by atoms with van der Waals surface area (Å²) < 4.78 is 2.77. The molecule has 0 unspecified atom stereocenters. The maximum atomic E-state index is 6.00. The van der Waals surface area contributed by atoms with Crippen LogP contribution in [0.4, 0.5) is 0 Å². The molecule has 2 aromatic carbocycles. The molecular weight excluding hydrogens is 338 g/mol. The zero-order valence-corrected chi connectivity index (χ0v) is 14.9. The first-order chi connectivity index (χ1) is 11.7. The van der Waals surface area contributed by atoms with Crippen LogP contribution in [0.15, 0.2) is 48.5 Å². The van der Waals surface area contributed by atoms with E-state index in [1.54, 1.807) is 0 Å². The van der Waals surface area contributed by atoms with Gasteiger partial charge in [0.05, 0.1) is 5.69 Å². The SMILES string of the molecule is CCc1ccccc1-n1c([C@@H]2C[C@@H]2c2ccc(Cl)cc2)n[nH]c1=S. The number of benzene rings is 2. The monoisotopic (exact) mass is 355 g/mol.